The van der Waals surface area contributed by atoms with Crippen LogP contribution in [0.15, 0.2) is 23.1 Å². The van der Waals surface area contributed by atoms with Crippen molar-refractivity contribution < 1.29 is 8.42 Å². The van der Waals surface area contributed by atoms with Crippen molar-refractivity contribution in [2.45, 2.75) is 18.7 Å². The Morgan fingerprint density at radius 3 is 2.29 bits per heavy atom. The minimum atomic E-state index is -3.70. The molecule has 0 aromatic heterocycles. The Morgan fingerprint density at radius 1 is 1.19 bits per heavy atom. The van der Waals surface area contributed by atoms with E-state index >= 15 is 0 Å². The fourth-order valence-electron chi connectivity index (χ4n) is 2.69. The van der Waals surface area contributed by atoms with E-state index in [1.54, 1.807) is 6.07 Å². The van der Waals surface area contributed by atoms with Gasteiger partial charge in [0.25, 0.3) is 0 Å². The molecule has 1 aromatic carbocycles. The molecule has 1 aliphatic rings. The second-order valence-corrected chi connectivity index (χ2v) is 7.51. The fraction of sp³-hybridized carbons (Fsp3) is 0.571. The van der Waals surface area contributed by atoms with E-state index in [-0.39, 0.29) is 4.90 Å². The Kier molecular flexibility index (Phi) is 4.75. The maximum atomic E-state index is 11.3. The van der Waals surface area contributed by atoms with Crippen LogP contribution in [0.2, 0.25) is 0 Å². The molecule has 2 rings (SSSR count). The van der Waals surface area contributed by atoms with Crippen LogP contribution in [-0.4, -0.2) is 46.0 Å². The number of anilines is 2. The monoisotopic (exact) mass is 312 g/mol. The summed E-state index contributed by atoms with van der Waals surface area (Å²) in [4.78, 5) is 4.69. The quantitative estimate of drug-likeness (QED) is 0.798. The molecule has 7 heteroatoms. The Bertz CT molecular complexity index is 593. The van der Waals surface area contributed by atoms with E-state index < -0.39 is 10.0 Å². The highest BCUT2D eigenvalue weighted by molar-refractivity contribution is 7.89. The summed E-state index contributed by atoms with van der Waals surface area (Å²) < 4.78 is 22.6. The van der Waals surface area contributed by atoms with Crippen molar-refractivity contribution in [3.63, 3.8) is 0 Å². The van der Waals surface area contributed by atoms with Crippen LogP contribution in [-0.2, 0) is 10.0 Å². The first-order valence-electron chi connectivity index (χ1n) is 7.17. The zero-order chi connectivity index (χ0) is 15.6. The third-order valence-electron chi connectivity index (χ3n) is 3.66. The topological polar surface area (TPSA) is 92.7 Å². The van der Waals surface area contributed by atoms with Gasteiger partial charge in [-0.2, -0.15) is 0 Å². The number of piperazine rings is 1. The Labute approximate surface area is 126 Å². The lowest BCUT2D eigenvalue weighted by Crippen LogP contribution is -2.47. The van der Waals surface area contributed by atoms with Crippen molar-refractivity contribution in [2.24, 2.45) is 11.1 Å². The van der Waals surface area contributed by atoms with Gasteiger partial charge in [0, 0.05) is 32.7 Å². The van der Waals surface area contributed by atoms with Crippen LogP contribution in [0.25, 0.3) is 0 Å². The molecule has 0 amide bonds. The van der Waals surface area contributed by atoms with Gasteiger partial charge in [0.1, 0.15) is 0 Å². The summed E-state index contributed by atoms with van der Waals surface area (Å²) in [5.41, 5.74) is 7.33. The summed E-state index contributed by atoms with van der Waals surface area (Å²) in [5.74, 6) is 0.663. The van der Waals surface area contributed by atoms with Crippen LogP contribution in [0.1, 0.15) is 13.8 Å². The lowest BCUT2D eigenvalue weighted by molar-refractivity contribution is 0.231. The lowest BCUT2D eigenvalue weighted by atomic mass is 10.1. The van der Waals surface area contributed by atoms with Gasteiger partial charge in [-0.3, -0.25) is 4.90 Å². The predicted molar refractivity (Wildman–Crippen MR) is 85.7 cm³/mol. The Balaban J connectivity index is 2.07. The number of hydrogen-bond donors (Lipinski definition) is 2. The molecule has 1 heterocycles. The zero-order valence-electron chi connectivity index (χ0n) is 12.6. The van der Waals surface area contributed by atoms with Gasteiger partial charge < -0.3 is 10.6 Å². The minimum Gasteiger partial charge on any atom is -0.397 e. The van der Waals surface area contributed by atoms with Gasteiger partial charge in [0.15, 0.2) is 0 Å². The molecule has 21 heavy (non-hydrogen) atoms. The van der Waals surface area contributed by atoms with E-state index in [0.29, 0.717) is 11.6 Å². The molecule has 1 aromatic rings. The van der Waals surface area contributed by atoms with Crippen molar-refractivity contribution >= 4 is 21.4 Å². The number of nitrogens with two attached hydrogens (primary N) is 2. The number of benzene rings is 1. The van der Waals surface area contributed by atoms with Crippen LogP contribution in [0.4, 0.5) is 11.4 Å². The highest BCUT2D eigenvalue weighted by atomic mass is 32.2. The molecule has 0 radical (unpaired) electrons. The van der Waals surface area contributed by atoms with E-state index in [2.05, 4.69) is 23.6 Å². The number of primary sulfonamides is 1. The van der Waals surface area contributed by atoms with Crippen LogP contribution in [0.5, 0.6) is 0 Å². The molecule has 0 saturated carbocycles. The van der Waals surface area contributed by atoms with Crippen molar-refractivity contribution in [3.8, 4) is 0 Å². The summed E-state index contributed by atoms with van der Waals surface area (Å²) in [5, 5.41) is 5.12. The van der Waals surface area contributed by atoms with Gasteiger partial charge in [-0.05, 0) is 24.1 Å². The number of hydrogen-bond acceptors (Lipinski definition) is 5. The smallest absolute Gasteiger partial charge is 0.238 e. The molecule has 0 unspecified atom stereocenters. The highest BCUT2D eigenvalue weighted by Gasteiger charge is 2.20. The number of sulfonamides is 1. The minimum absolute atomic E-state index is 0.0576. The first kappa shape index (κ1) is 16.1. The summed E-state index contributed by atoms with van der Waals surface area (Å²) in [6.45, 7) is 9.32. The van der Waals surface area contributed by atoms with Crippen molar-refractivity contribution in [1.82, 2.24) is 4.90 Å². The standard InChI is InChI=1S/C14H24N4O2S/c1-11(2)10-17-5-7-18(8-6-17)14-4-3-12(9-13(14)15)21(16,19)20/h3-4,9,11H,5-8,10,15H2,1-2H3,(H2,16,19,20). The number of rotatable bonds is 4. The SMILES string of the molecule is CC(C)CN1CCN(c2ccc(S(N)(=O)=O)cc2N)CC1. The molecule has 1 fully saturated rings. The fourth-order valence-corrected chi connectivity index (χ4v) is 3.23. The van der Waals surface area contributed by atoms with Crippen LogP contribution >= 0.6 is 0 Å². The molecule has 0 spiro atoms. The normalized spacial score (nSPS) is 17.4. The van der Waals surface area contributed by atoms with E-state index in [0.717, 1.165) is 38.4 Å². The van der Waals surface area contributed by atoms with Crippen molar-refractivity contribution in [1.29, 1.82) is 0 Å². The van der Waals surface area contributed by atoms with E-state index in [1.165, 1.54) is 12.1 Å². The van der Waals surface area contributed by atoms with E-state index in [9.17, 15) is 8.42 Å². The highest BCUT2D eigenvalue weighted by Crippen LogP contribution is 2.26. The third-order valence-corrected chi connectivity index (χ3v) is 4.57. The average Bonchev–Trinajstić information content (AvgIpc) is 2.38. The Morgan fingerprint density at radius 2 is 1.81 bits per heavy atom. The molecular formula is C14H24N4O2S. The second kappa shape index (κ2) is 6.21. The molecule has 6 nitrogen and oxygen atoms in total. The number of nitrogens with zero attached hydrogens (tertiary/aromatic N) is 2. The average molecular weight is 312 g/mol. The van der Waals surface area contributed by atoms with Gasteiger partial charge in [-0.1, -0.05) is 13.8 Å². The Hall–Kier alpha value is -1.31. The maximum Gasteiger partial charge on any atom is 0.238 e. The maximum absolute atomic E-state index is 11.3. The van der Waals surface area contributed by atoms with Crippen molar-refractivity contribution in [3.05, 3.63) is 18.2 Å². The predicted octanol–water partition coefficient (Wildman–Crippen LogP) is 0.694. The molecule has 118 valence electrons. The van der Waals surface area contributed by atoms with Crippen LogP contribution in [0, 0.1) is 5.92 Å². The van der Waals surface area contributed by atoms with Gasteiger partial charge >= 0.3 is 0 Å². The van der Waals surface area contributed by atoms with Gasteiger partial charge in [0.05, 0.1) is 16.3 Å². The van der Waals surface area contributed by atoms with Crippen LogP contribution in [0.3, 0.4) is 0 Å². The van der Waals surface area contributed by atoms with E-state index in [1.807, 2.05) is 0 Å². The van der Waals surface area contributed by atoms with Crippen molar-refractivity contribution in [2.75, 3.05) is 43.4 Å². The molecule has 0 aliphatic carbocycles. The summed E-state index contributed by atoms with van der Waals surface area (Å²) in [6.07, 6.45) is 0. The molecule has 4 N–H and O–H groups in total. The molecule has 1 aliphatic heterocycles. The third kappa shape index (κ3) is 4.09. The molecular weight excluding hydrogens is 288 g/mol. The summed E-state index contributed by atoms with van der Waals surface area (Å²) in [6, 6.07) is 4.69. The van der Waals surface area contributed by atoms with Gasteiger partial charge in [-0.25, -0.2) is 13.6 Å². The lowest BCUT2D eigenvalue weighted by Gasteiger charge is -2.37. The second-order valence-electron chi connectivity index (χ2n) is 5.95. The molecule has 1 saturated heterocycles. The summed E-state index contributed by atoms with van der Waals surface area (Å²) >= 11 is 0. The van der Waals surface area contributed by atoms with Gasteiger partial charge in [0.2, 0.25) is 10.0 Å². The first-order valence-corrected chi connectivity index (χ1v) is 8.71. The van der Waals surface area contributed by atoms with Crippen LogP contribution < -0.4 is 15.8 Å². The molecule has 0 atom stereocenters. The summed E-state index contributed by atoms with van der Waals surface area (Å²) in [7, 11) is -3.70. The number of nitrogen functional groups attached to an aromatic ring is 1. The first-order chi connectivity index (χ1) is 9.77. The van der Waals surface area contributed by atoms with Gasteiger partial charge in [-0.15, -0.1) is 0 Å². The largest absolute Gasteiger partial charge is 0.397 e. The zero-order valence-corrected chi connectivity index (χ0v) is 13.4. The van der Waals surface area contributed by atoms with E-state index in [4.69, 9.17) is 10.9 Å². The molecule has 0 bridgehead atoms.